The van der Waals surface area contributed by atoms with Crippen LogP contribution in [0.3, 0.4) is 0 Å². The van der Waals surface area contributed by atoms with E-state index in [0.29, 0.717) is 0 Å². The smallest absolute Gasteiger partial charge is 0.339 e. The first-order valence-electron chi connectivity index (χ1n) is 9.36. The molecule has 0 spiro atoms. The Hall–Kier alpha value is -4.33. The third-order valence-corrected chi connectivity index (χ3v) is 4.61. The summed E-state index contributed by atoms with van der Waals surface area (Å²) in [6, 6.07) is 18.9. The lowest BCUT2D eigenvalue weighted by Gasteiger charge is -2.16. The Morgan fingerprint density at radius 1 is 0.677 bits per heavy atom. The van der Waals surface area contributed by atoms with Crippen LogP contribution in [0.5, 0.6) is 0 Å². The first-order valence-corrected chi connectivity index (χ1v) is 9.36. The van der Waals surface area contributed by atoms with Crippen LogP contribution >= 0.6 is 0 Å². The number of nitrogens with zero attached hydrogens (tertiary/aromatic N) is 2. The van der Waals surface area contributed by atoms with Gasteiger partial charge in [-0.2, -0.15) is 0 Å². The maximum atomic E-state index is 13.0. The van der Waals surface area contributed by atoms with E-state index in [1.807, 2.05) is 0 Å². The Bertz CT molecular complexity index is 1050. The number of pyridine rings is 1. The summed E-state index contributed by atoms with van der Waals surface area (Å²) in [5.74, 6) is -3.26. The van der Waals surface area contributed by atoms with Crippen LogP contribution in [0.4, 0.5) is 5.69 Å². The van der Waals surface area contributed by atoms with Crippen LogP contribution in [-0.4, -0.2) is 40.9 Å². The average Bonchev–Trinajstić information content (AvgIpc) is 3.04. The molecule has 8 nitrogen and oxygen atoms in total. The van der Waals surface area contributed by atoms with Crippen molar-refractivity contribution in [3.63, 3.8) is 0 Å². The number of aromatic nitrogens is 1. The van der Waals surface area contributed by atoms with Gasteiger partial charge >= 0.3 is 11.9 Å². The molecule has 154 valence electrons. The van der Waals surface area contributed by atoms with Crippen molar-refractivity contribution in [2.75, 3.05) is 4.90 Å². The molecule has 1 aromatic heterocycles. The van der Waals surface area contributed by atoms with Crippen molar-refractivity contribution >= 4 is 29.4 Å². The molecule has 0 radical (unpaired) electrons. The standard InChI is InChI=1S/C23H16N2O6/c26-20-18(30-22(28)15-7-3-1-4-8-15)19(31-23(29)16-9-5-2-6-10-16)21(27)25(20)17-11-13-24-14-12-17/h1-14,18-19H/t18-,19-/m0/s1. The number of benzene rings is 2. The number of ether oxygens (including phenoxy) is 2. The van der Waals surface area contributed by atoms with E-state index in [9.17, 15) is 19.2 Å². The molecule has 1 aliphatic rings. The number of carbonyl (C=O) groups is 4. The minimum Gasteiger partial charge on any atom is -0.444 e. The predicted octanol–water partition coefficient (Wildman–Crippen LogP) is 2.41. The Kier molecular flexibility index (Phi) is 5.53. The number of anilines is 1. The zero-order chi connectivity index (χ0) is 21.8. The van der Waals surface area contributed by atoms with E-state index < -0.39 is 36.0 Å². The predicted molar refractivity (Wildman–Crippen MR) is 108 cm³/mol. The molecule has 0 saturated carbocycles. The number of carbonyl (C=O) groups excluding carboxylic acids is 4. The fourth-order valence-electron chi connectivity index (χ4n) is 3.11. The van der Waals surface area contributed by atoms with Gasteiger partial charge in [-0.15, -0.1) is 0 Å². The molecular formula is C23H16N2O6. The monoisotopic (exact) mass is 416 g/mol. The summed E-state index contributed by atoms with van der Waals surface area (Å²) >= 11 is 0. The van der Waals surface area contributed by atoms with Crippen LogP contribution in [0.25, 0.3) is 0 Å². The van der Waals surface area contributed by atoms with E-state index in [-0.39, 0.29) is 16.8 Å². The molecule has 2 aromatic carbocycles. The molecular weight excluding hydrogens is 400 g/mol. The second-order valence-electron chi connectivity index (χ2n) is 6.60. The third-order valence-electron chi connectivity index (χ3n) is 4.61. The molecule has 2 heterocycles. The van der Waals surface area contributed by atoms with Gasteiger partial charge in [0.05, 0.1) is 16.8 Å². The Labute approximate surface area is 177 Å². The molecule has 1 aliphatic heterocycles. The van der Waals surface area contributed by atoms with Crippen molar-refractivity contribution in [1.29, 1.82) is 0 Å². The van der Waals surface area contributed by atoms with Gasteiger partial charge in [-0.25, -0.2) is 14.5 Å². The maximum absolute atomic E-state index is 13.0. The molecule has 1 saturated heterocycles. The second kappa shape index (κ2) is 8.58. The fourth-order valence-corrected chi connectivity index (χ4v) is 3.11. The minimum absolute atomic E-state index is 0.193. The molecule has 0 unspecified atom stereocenters. The highest BCUT2D eigenvalue weighted by Crippen LogP contribution is 2.27. The lowest BCUT2D eigenvalue weighted by atomic mass is 10.2. The molecule has 31 heavy (non-hydrogen) atoms. The lowest BCUT2D eigenvalue weighted by Crippen LogP contribution is -2.37. The molecule has 4 rings (SSSR count). The highest BCUT2D eigenvalue weighted by molar-refractivity contribution is 6.25. The van der Waals surface area contributed by atoms with E-state index in [0.717, 1.165) is 4.90 Å². The van der Waals surface area contributed by atoms with Gasteiger partial charge in [0.25, 0.3) is 11.8 Å². The molecule has 0 bridgehead atoms. The maximum Gasteiger partial charge on any atom is 0.339 e. The molecule has 8 heteroatoms. The van der Waals surface area contributed by atoms with Gasteiger partial charge in [-0.1, -0.05) is 36.4 Å². The number of rotatable bonds is 5. The molecule has 3 aromatic rings. The Morgan fingerprint density at radius 3 is 1.52 bits per heavy atom. The number of imide groups is 1. The van der Waals surface area contributed by atoms with E-state index in [4.69, 9.17) is 9.47 Å². The normalized spacial score (nSPS) is 18.0. The van der Waals surface area contributed by atoms with Crippen molar-refractivity contribution in [3.8, 4) is 0 Å². The van der Waals surface area contributed by atoms with E-state index >= 15 is 0 Å². The topological polar surface area (TPSA) is 103 Å². The van der Waals surface area contributed by atoms with Crippen molar-refractivity contribution < 1.29 is 28.7 Å². The molecule has 1 fully saturated rings. The van der Waals surface area contributed by atoms with Gasteiger partial charge in [0, 0.05) is 12.4 Å². The zero-order valence-electron chi connectivity index (χ0n) is 16.1. The summed E-state index contributed by atoms with van der Waals surface area (Å²) < 4.78 is 10.7. The van der Waals surface area contributed by atoms with Gasteiger partial charge < -0.3 is 9.47 Å². The summed E-state index contributed by atoms with van der Waals surface area (Å²) in [5.41, 5.74) is 0.612. The summed E-state index contributed by atoms with van der Waals surface area (Å²) in [6.45, 7) is 0. The highest BCUT2D eigenvalue weighted by Gasteiger charge is 2.53. The Balaban J connectivity index is 1.64. The van der Waals surface area contributed by atoms with Crippen LogP contribution < -0.4 is 4.90 Å². The minimum atomic E-state index is -1.62. The van der Waals surface area contributed by atoms with Crippen LogP contribution in [0.1, 0.15) is 20.7 Å². The quantitative estimate of drug-likeness (QED) is 0.465. The zero-order valence-corrected chi connectivity index (χ0v) is 16.1. The Morgan fingerprint density at radius 2 is 1.10 bits per heavy atom. The van der Waals surface area contributed by atoms with Gasteiger partial charge in [-0.05, 0) is 36.4 Å². The van der Waals surface area contributed by atoms with Gasteiger partial charge in [0.1, 0.15) is 0 Å². The van der Waals surface area contributed by atoms with E-state index in [1.165, 1.54) is 48.8 Å². The van der Waals surface area contributed by atoms with Gasteiger partial charge in [-0.3, -0.25) is 14.6 Å². The molecule has 2 amide bonds. The molecule has 0 N–H and O–H groups in total. The number of hydrogen-bond acceptors (Lipinski definition) is 7. The van der Waals surface area contributed by atoms with Crippen molar-refractivity contribution in [1.82, 2.24) is 4.98 Å². The number of esters is 2. The number of amides is 2. The van der Waals surface area contributed by atoms with Crippen LogP contribution in [0.15, 0.2) is 85.2 Å². The van der Waals surface area contributed by atoms with Crippen molar-refractivity contribution in [2.45, 2.75) is 12.2 Å². The van der Waals surface area contributed by atoms with Crippen molar-refractivity contribution in [3.05, 3.63) is 96.3 Å². The molecule has 2 atom stereocenters. The molecule has 0 aliphatic carbocycles. The average molecular weight is 416 g/mol. The summed E-state index contributed by atoms with van der Waals surface area (Å²) in [4.78, 5) is 55.8. The summed E-state index contributed by atoms with van der Waals surface area (Å²) in [7, 11) is 0. The first-order chi connectivity index (χ1) is 15.1. The van der Waals surface area contributed by atoms with Crippen LogP contribution in [-0.2, 0) is 19.1 Å². The first kappa shape index (κ1) is 20.0. The van der Waals surface area contributed by atoms with Crippen LogP contribution in [0.2, 0.25) is 0 Å². The second-order valence-corrected chi connectivity index (χ2v) is 6.60. The lowest BCUT2D eigenvalue weighted by molar-refractivity contribution is -0.130. The van der Waals surface area contributed by atoms with Gasteiger partial charge in [0.15, 0.2) is 0 Å². The van der Waals surface area contributed by atoms with Crippen molar-refractivity contribution in [2.24, 2.45) is 0 Å². The van der Waals surface area contributed by atoms with Gasteiger partial charge in [0.2, 0.25) is 12.2 Å². The highest BCUT2D eigenvalue weighted by atomic mass is 16.6. The van der Waals surface area contributed by atoms with E-state index in [2.05, 4.69) is 4.98 Å². The van der Waals surface area contributed by atoms with E-state index in [1.54, 1.807) is 36.4 Å². The number of hydrogen-bond donors (Lipinski definition) is 0. The summed E-state index contributed by atoms with van der Waals surface area (Å²) in [6.07, 6.45) is -0.434. The SMILES string of the molecule is O=C(O[C@@H]1C(=O)N(c2ccncc2)C(=O)[C@H]1OC(=O)c1ccccc1)c1ccccc1. The largest absolute Gasteiger partial charge is 0.444 e. The summed E-state index contributed by atoms with van der Waals surface area (Å²) in [5, 5.41) is 0. The fraction of sp³-hybridized carbons (Fsp3) is 0.0870. The van der Waals surface area contributed by atoms with Crippen LogP contribution in [0, 0.1) is 0 Å². The third kappa shape index (κ3) is 4.04.